The summed E-state index contributed by atoms with van der Waals surface area (Å²) >= 11 is 0. The fraction of sp³-hybridized carbons (Fsp3) is 0.290. The predicted octanol–water partition coefficient (Wildman–Crippen LogP) is 2.70. The normalized spacial score (nSPS) is 16.4. The molecule has 3 amide bonds. The molecule has 3 N–H and O–H groups in total. The number of rotatable bonds is 8. The molecule has 0 saturated carbocycles. The molecule has 0 aliphatic carbocycles. The Morgan fingerprint density at radius 2 is 1.67 bits per heavy atom. The molecule has 1 aliphatic rings. The first-order valence-corrected chi connectivity index (χ1v) is 13.3. The van der Waals surface area contributed by atoms with Crippen molar-refractivity contribution >= 4 is 34.9 Å². The molecule has 42 heavy (non-hydrogen) atoms. The molecule has 10 nitrogen and oxygen atoms in total. The summed E-state index contributed by atoms with van der Waals surface area (Å²) in [4.78, 5) is 63.2. The molecule has 0 radical (unpaired) electrons. The van der Waals surface area contributed by atoms with Gasteiger partial charge in [0, 0.05) is 17.2 Å². The molecule has 2 unspecified atom stereocenters. The topological polar surface area (TPSA) is 141 Å². The summed E-state index contributed by atoms with van der Waals surface area (Å²) in [6.07, 6.45) is -1.54. The van der Waals surface area contributed by atoms with Gasteiger partial charge in [0.05, 0.1) is 23.6 Å². The van der Waals surface area contributed by atoms with E-state index in [-0.39, 0.29) is 17.9 Å². The Kier molecular flexibility index (Phi) is 8.91. The summed E-state index contributed by atoms with van der Waals surface area (Å²) < 4.78 is 13.2. The molecule has 4 rings (SSSR count). The van der Waals surface area contributed by atoms with Gasteiger partial charge in [-0.3, -0.25) is 24.2 Å². The van der Waals surface area contributed by atoms with Crippen molar-refractivity contribution in [1.29, 1.82) is 0 Å². The van der Waals surface area contributed by atoms with Gasteiger partial charge in [0.1, 0.15) is 11.9 Å². The highest BCUT2D eigenvalue weighted by Crippen LogP contribution is 2.29. The first-order valence-electron chi connectivity index (χ1n) is 13.3. The number of hydrogen-bond acceptors (Lipinski definition) is 7. The van der Waals surface area contributed by atoms with Gasteiger partial charge in [0.2, 0.25) is 12.1 Å². The van der Waals surface area contributed by atoms with E-state index in [1.807, 2.05) is 0 Å². The monoisotopic (exact) mass is 573 g/mol. The average molecular weight is 574 g/mol. The lowest BCUT2D eigenvalue weighted by atomic mass is 9.90. The number of aromatic nitrogens is 1. The minimum atomic E-state index is -1.65. The number of fused-ring (bicyclic) bond motifs is 1. The Balaban J connectivity index is 1.64. The fourth-order valence-corrected chi connectivity index (χ4v) is 4.19. The van der Waals surface area contributed by atoms with Crippen molar-refractivity contribution in [1.82, 2.24) is 15.6 Å². The molecule has 3 atom stereocenters. The number of benzene rings is 2. The zero-order valence-electron chi connectivity index (χ0n) is 23.7. The Hall–Kier alpha value is -4.77. The zero-order chi connectivity index (χ0) is 30.6. The van der Waals surface area contributed by atoms with Crippen molar-refractivity contribution < 1.29 is 28.7 Å². The Bertz CT molecular complexity index is 1520. The van der Waals surface area contributed by atoms with Crippen LogP contribution in [0.1, 0.15) is 50.6 Å². The smallest absolute Gasteiger partial charge is 0.272 e. The Morgan fingerprint density at radius 3 is 2.31 bits per heavy atom. The second-order valence-electron chi connectivity index (χ2n) is 10.9. The van der Waals surface area contributed by atoms with Gasteiger partial charge in [-0.25, -0.2) is 9.38 Å². The van der Waals surface area contributed by atoms with Gasteiger partial charge >= 0.3 is 0 Å². The summed E-state index contributed by atoms with van der Waals surface area (Å²) in [5.74, 6) is -3.03. The van der Waals surface area contributed by atoms with Crippen LogP contribution in [-0.4, -0.2) is 58.1 Å². The van der Waals surface area contributed by atoms with Crippen molar-refractivity contribution in [2.45, 2.75) is 46.0 Å². The minimum absolute atomic E-state index is 0.141. The van der Waals surface area contributed by atoms with Crippen LogP contribution in [0, 0.1) is 11.2 Å². The molecule has 0 fully saturated rings. The Morgan fingerprint density at radius 1 is 1.00 bits per heavy atom. The SMILES string of the molecule is C[C@H](NC(=O)C(O)c1ccc(F)cc1)C(=O)NC1N=C(c2ccccn2)c2ccccc2N(CC(=O)C(C)(C)C)C1=O. The van der Waals surface area contributed by atoms with Crippen LogP contribution in [0.2, 0.25) is 0 Å². The number of aliphatic hydroxyl groups excluding tert-OH is 1. The summed E-state index contributed by atoms with van der Waals surface area (Å²) in [7, 11) is 0. The third-order valence-electron chi connectivity index (χ3n) is 6.72. The zero-order valence-corrected chi connectivity index (χ0v) is 23.7. The number of carbonyl (C=O) groups excluding carboxylic acids is 4. The quantitative estimate of drug-likeness (QED) is 0.379. The lowest BCUT2D eigenvalue weighted by Gasteiger charge is -2.28. The molecule has 0 spiro atoms. The average Bonchev–Trinajstić information content (AvgIpc) is 3.07. The molecule has 0 bridgehead atoms. The number of aliphatic hydroxyl groups is 1. The molecule has 218 valence electrons. The maximum absolute atomic E-state index is 13.9. The number of aliphatic imine (C=N–C) groups is 1. The van der Waals surface area contributed by atoms with Crippen molar-refractivity contribution in [2.24, 2.45) is 10.4 Å². The number of nitrogens with one attached hydrogen (secondary N) is 2. The maximum Gasteiger partial charge on any atom is 0.272 e. The first-order chi connectivity index (χ1) is 19.9. The number of nitrogens with zero attached hydrogens (tertiary/aromatic N) is 3. The molecule has 2 aromatic carbocycles. The van der Waals surface area contributed by atoms with E-state index in [1.54, 1.807) is 69.4 Å². The van der Waals surface area contributed by atoms with Gasteiger partial charge in [0.25, 0.3) is 11.8 Å². The number of ketones is 1. The van der Waals surface area contributed by atoms with Crippen LogP contribution < -0.4 is 15.5 Å². The summed E-state index contributed by atoms with van der Waals surface area (Å²) in [6, 6.07) is 15.7. The predicted molar refractivity (Wildman–Crippen MR) is 154 cm³/mol. The van der Waals surface area contributed by atoms with E-state index >= 15 is 0 Å². The summed E-state index contributed by atoms with van der Waals surface area (Å²) in [6.45, 7) is 6.38. The van der Waals surface area contributed by atoms with Crippen molar-refractivity contribution in [2.75, 3.05) is 11.4 Å². The highest BCUT2D eigenvalue weighted by Gasteiger charge is 2.37. The van der Waals surface area contributed by atoms with E-state index < -0.39 is 47.3 Å². The highest BCUT2D eigenvalue weighted by molar-refractivity contribution is 6.20. The van der Waals surface area contributed by atoms with Crippen molar-refractivity contribution in [3.63, 3.8) is 0 Å². The van der Waals surface area contributed by atoms with Crippen LogP contribution in [0.3, 0.4) is 0 Å². The first kappa shape index (κ1) is 30.2. The van der Waals surface area contributed by atoms with Crippen molar-refractivity contribution in [3.05, 3.63) is 95.6 Å². The summed E-state index contributed by atoms with van der Waals surface area (Å²) in [5.41, 5.74) is 1.16. The van der Waals surface area contributed by atoms with Gasteiger partial charge in [0.15, 0.2) is 11.9 Å². The molecule has 0 saturated heterocycles. The highest BCUT2D eigenvalue weighted by atomic mass is 19.1. The van der Waals surface area contributed by atoms with Crippen LogP contribution in [0.5, 0.6) is 0 Å². The number of anilines is 1. The Labute approximate surface area is 242 Å². The largest absolute Gasteiger partial charge is 0.378 e. The maximum atomic E-state index is 13.9. The molecule has 1 aliphatic heterocycles. The van der Waals surface area contributed by atoms with Crippen LogP contribution in [0.4, 0.5) is 10.1 Å². The van der Waals surface area contributed by atoms with Crippen LogP contribution >= 0.6 is 0 Å². The number of benzodiazepines with no additional fused rings is 1. The number of halogens is 1. The van der Waals surface area contributed by atoms with Crippen molar-refractivity contribution in [3.8, 4) is 0 Å². The van der Waals surface area contributed by atoms with Crippen LogP contribution in [0.15, 0.2) is 77.9 Å². The van der Waals surface area contributed by atoms with Gasteiger partial charge in [-0.15, -0.1) is 0 Å². The van der Waals surface area contributed by atoms with E-state index in [0.717, 1.165) is 12.1 Å². The number of Topliss-reactive ketones (excluding diaryl/α,β-unsaturated/α-hetero) is 1. The molecular weight excluding hydrogens is 541 g/mol. The van der Waals surface area contributed by atoms with Gasteiger partial charge in [-0.2, -0.15) is 0 Å². The van der Waals surface area contributed by atoms with Gasteiger partial charge in [-0.05, 0) is 42.8 Å². The number of para-hydroxylation sites is 1. The molecule has 1 aromatic heterocycles. The minimum Gasteiger partial charge on any atom is -0.378 e. The second kappa shape index (κ2) is 12.4. The van der Waals surface area contributed by atoms with E-state index in [0.29, 0.717) is 22.7 Å². The lowest BCUT2D eigenvalue weighted by Crippen LogP contribution is -2.54. The van der Waals surface area contributed by atoms with Gasteiger partial charge in [-0.1, -0.05) is 57.2 Å². The van der Waals surface area contributed by atoms with Crippen LogP contribution in [-0.2, 0) is 19.2 Å². The van der Waals surface area contributed by atoms with Crippen LogP contribution in [0.25, 0.3) is 0 Å². The van der Waals surface area contributed by atoms with E-state index in [1.165, 1.54) is 24.0 Å². The second-order valence-corrected chi connectivity index (χ2v) is 10.9. The fourth-order valence-electron chi connectivity index (χ4n) is 4.19. The number of hydrogen-bond donors (Lipinski definition) is 3. The standard InChI is InChI=1S/C31H32FN5O5/c1-18(34-29(41)26(39)19-12-14-20(32)15-13-19)28(40)36-27-30(42)37(17-24(38)31(2,3)4)23-11-6-5-9-21(23)25(35-27)22-10-7-8-16-33-22/h5-16,18,26-27,39H,17H2,1-4H3,(H,34,41)(H,36,40)/t18-,26?,27?/m0/s1. The molecule has 3 aromatic rings. The number of carbonyl (C=O) groups is 4. The third kappa shape index (κ3) is 6.74. The number of amides is 3. The molecular formula is C31H32FN5O5. The van der Waals surface area contributed by atoms with E-state index in [9.17, 15) is 28.7 Å². The van der Waals surface area contributed by atoms with E-state index in [4.69, 9.17) is 0 Å². The lowest BCUT2D eigenvalue weighted by molar-refractivity contribution is -0.135. The number of pyridine rings is 1. The molecule has 11 heteroatoms. The summed E-state index contributed by atoms with van der Waals surface area (Å²) in [5, 5.41) is 15.3. The van der Waals surface area contributed by atoms with E-state index in [2.05, 4.69) is 20.6 Å². The third-order valence-corrected chi connectivity index (χ3v) is 6.72. The van der Waals surface area contributed by atoms with Gasteiger partial charge < -0.3 is 20.6 Å². The molecule has 2 heterocycles.